The number of aromatic nitrogens is 2. The van der Waals surface area contributed by atoms with E-state index in [1.807, 2.05) is 0 Å². The van der Waals surface area contributed by atoms with Crippen molar-refractivity contribution in [1.29, 1.82) is 0 Å². The Labute approximate surface area is 98.1 Å². The first kappa shape index (κ1) is 3.21. The van der Waals surface area contributed by atoms with Crippen molar-refractivity contribution in [3.8, 4) is 0 Å². The lowest BCUT2D eigenvalue weighted by molar-refractivity contribution is 0.700. The topological polar surface area (TPSA) is 25.8 Å². The number of hydrogen-bond donors (Lipinski definition) is 0. The third-order valence-electron chi connectivity index (χ3n) is 1.08. The molecular formula is C8H10BrClN2. The van der Waals surface area contributed by atoms with Gasteiger partial charge in [0.15, 0.2) is 0 Å². The third-order valence-corrected chi connectivity index (χ3v) is 1.84. The summed E-state index contributed by atoms with van der Waals surface area (Å²) in [5.74, 6) is -3.17. The van der Waals surface area contributed by atoms with Crippen molar-refractivity contribution < 1.29 is 12.3 Å². The van der Waals surface area contributed by atoms with Crippen LogP contribution in [0.4, 0.5) is 0 Å². The van der Waals surface area contributed by atoms with Crippen LogP contribution in [0.5, 0.6) is 0 Å². The van der Waals surface area contributed by atoms with Crippen LogP contribution in [0.2, 0.25) is 5.28 Å². The molecule has 1 heterocycles. The van der Waals surface area contributed by atoms with Gasteiger partial charge >= 0.3 is 0 Å². The van der Waals surface area contributed by atoms with Crippen molar-refractivity contribution in [2.75, 3.05) is 0 Å². The smallest absolute Gasteiger partial charge is 0.222 e. The summed E-state index contributed by atoms with van der Waals surface area (Å²) in [7, 11) is 0. The molecule has 0 radical (unpaired) electrons. The van der Waals surface area contributed by atoms with Gasteiger partial charge in [-0.1, -0.05) is 13.7 Å². The van der Waals surface area contributed by atoms with Gasteiger partial charge in [0, 0.05) is 18.5 Å². The van der Waals surface area contributed by atoms with Crippen molar-refractivity contribution in [1.82, 2.24) is 9.97 Å². The van der Waals surface area contributed by atoms with Gasteiger partial charge in [0.2, 0.25) is 5.28 Å². The molecule has 0 amide bonds. The average molecular weight is 259 g/mol. The second kappa shape index (κ2) is 4.19. The van der Waals surface area contributed by atoms with E-state index in [1.165, 1.54) is 0 Å². The van der Waals surface area contributed by atoms with E-state index in [4.69, 9.17) is 23.9 Å². The van der Waals surface area contributed by atoms with Crippen LogP contribution in [0.25, 0.3) is 0 Å². The fourth-order valence-corrected chi connectivity index (χ4v) is 1.10. The van der Waals surface area contributed by atoms with Gasteiger partial charge in [-0.2, -0.15) is 0 Å². The van der Waals surface area contributed by atoms with Crippen LogP contribution in [0, 0.1) is 0 Å². The van der Waals surface area contributed by atoms with E-state index in [1.54, 1.807) is 0 Å². The molecule has 0 aromatic carbocycles. The Morgan fingerprint density at radius 2 is 2.83 bits per heavy atom. The van der Waals surface area contributed by atoms with Gasteiger partial charge in [0.25, 0.3) is 0 Å². The van der Waals surface area contributed by atoms with Crippen molar-refractivity contribution in [3.63, 3.8) is 0 Å². The molecular weight excluding hydrogens is 239 g/mol. The molecule has 0 aliphatic rings. The summed E-state index contributed by atoms with van der Waals surface area (Å²) in [5, 5.41) is -0.421. The quantitative estimate of drug-likeness (QED) is 0.760. The number of nitrogens with zero attached hydrogens (tertiary/aromatic N) is 2. The highest BCUT2D eigenvalue weighted by Gasteiger charge is 2.09. The van der Waals surface area contributed by atoms with Crippen LogP contribution < -0.4 is 0 Å². The molecule has 1 aromatic rings. The lowest BCUT2D eigenvalue weighted by Gasteiger charge is -2.09. The minimum atomic E-state index is -3.41. The van der Waals surface area contributed by atoms with Crippen LogP contribution in [0.15, 0.2) is 10.7 Å². The maximum absolute atomic E-state index is 8.13. The molecule has 0 aliphatic heterocycles. The van der Waals surface area contributed by atoms with Gasteiger partial charge < -0.3 is 0 Å². The Morgan fingerprint density at radius 1 is 2.00 bits per heavy atom. The van der Waals surface area contributed by atoms with Gasteiger partial charge in [0.1, 0.15) is 0 Å². The highest BCUT2D eigenvalue weighted by Crippen LogP contribution is 2.25. The predicted octanol–water partition coefficient (Wildman–Crippen LogP) is 3.41. The fraction of sp³-hybridized carbons (Fsp3) is 0.500. The fourth-order valence-electron chi connectivity index (χ4n) is 0.580. The molecule has 0 saturated heterocycles. The van der Waals surface area contributed by atoms with Gasteiger partial charge in [-0.25, -0.2) is 9.97 Å². The Morgan fingerprint density at radius 3 is 3.50 bits per heavy atom. The van der Waals surface area contributed by atoms with Gasteiger partial charge in [0.05, 0.1) is 10.2 Å². The van der Waals surface area contributed by atoms with E-state index in [-0.39, 0.29) is 4.47 Å². The molecule has 0 bridgehead atoms. The monoisotopic (exact) mass is 257 g/mol. The van der Waals surface area contributed by atoms with Crippen LogP contribution in [0.1, 0.15) is 44.0 Å². The largest absolute Gasteiger partial charge is 0.225 e. The zero-order valence-electron chi connectivity index (χ0n) is 14.7. The highest BCUT2D eigenvalue weighted by molar-refractivity contribution is 9.10. The molecule has 1 atom stereocenters. The van der Waals surface area contributed by atoms with Crippen molar-refractivity contribution in [2.24, 2.45) is 0 Å². The minimum Gasteiger partial charge on any atom is -0.225 e. The Kier molecular flexibility index (Phi) is 1.12. The van der Waals surface area contributed by atoms with Gasteiger partial charge in [-0.3, -0.25) is 0 Å². The third kappa shape index (κ3) is 2.17. The molecule has 12 heavy (non-hydrogen) atoms. The second-order valence-electron chi connectivity index (χ2n) is 1.84. The molecule has 1 rings (SSSR count). The first-order chi connectivity index (χ1) is 9.16. The summed E-state index contributed by atoms with van der Waals surface area (Å²) in [6, 6.07) is 0. The van der Waals surface area contributed by atoms with Crippen LogP contribution in [0.3, 0.4) is 0 Å². The Hall–Kier alpha value is -0.150. The van der Waals surface area contributed by atoms with Crippen molar-refractivity contribution in [2.45, 2.75) is 26.0 Å². The SMILES string of the molecule is [2H]C([2H])([2H])C([2H])([2H])C([2H])(c1nc(Cl)ncc1Br)C([2H])([2H])[2H]. The van der Waals surface area contributed by atoms with Crippen molar-refractivity contribution >= 4 is 27.5 Å². The van der Waals surface area contributed by atoms with E-state index in [0.717, 1.165) is 6.20 Å². The summed E-state index contributed by atoms with van der Waals surface area (Å²) < 4.78 is 67.6. The van der Waals surface area contributed by atoms with E-state index in [2.05, 4.69) is 25.9 Å². The highest BCUT2D eigenvalue weighted by atomic mass is 79.9. The number of halogens is 2. The summed E-state index contributed by atoms with van der Waals surface area (Å²) in [5.41, 5.74) is -0.649. The normalized spacial score (nSPS) is 30.0. The van der Waals surface area contributed by atoms with Crippen molar-refractivity contribution in [3.05, 3.63) is 21.6 Å². The molecule has 2 nitrogen and oxygen atoms in total. The first-order valence-corrected chi connectivity index (χ1v) is 4.02. The summed E-state index contributed by atoms with van der Waals surface area (Å²) in [6.45, 7) is -6.68. The number of hydrogen-bond acceptors (Lipinski definition) is 2. The molecule has 0 aliphatic carbocycles. The average Bonchev–Trinajstić information content (AvgIpc) is 2.28. The standard InChI is InChI=1S/C8H10BrClN2/c1-3-5(2)7-6(9)4-11-8(10)12-7/h4-5H,3H2,1-2H3/i1D3,2D3,3D2,5D. The molecule has 0 spiro atoms. The Balaban J connectivity index is 3.76. The van der Waals surface area contributed by atoms with Gasteiger partial charge in [-0.05, 0) is 39.8 Å². The van der Waals surface area contributed by atoms with E-state index >= 15 is 0 Å². The molecule has 66 valence electrons. The molecule has 1 aromatic heterocycles. The van der Waals surface area contributed by atoms with E-state index in [9.17, 15) is 0 Å². The summed E-state index contributed by atoms with van der Waals surface area (Å²) in [6.07, 6.45) is -2.37. The molecule has 4 heteroatoms. The van der Waals surface area contributed by atoms with E-state index < -0.39 is 36.9 Å². The second-order valence-corrected chi connectivity index (χ2v) is 3.03. The maximum atomic E-state index is 8.13. The molecule has 1 unspecified atom stereocenters. The van der Waals surface area contributed by atoms with E-state index in [0.29, 0.717) is 0 Å². The lowest BCUT2D eigenvalue weighted by atomic mass is 10.1. The maximum Gasteiger partial charge on any atom is 0.222 e. The molecule has 0 N–H and O–H groups in total. The van der Waals surface area contributed by atoms with Gasteiger partial charge in [-0.15, -0.1) is 0 Å². The molecule has 0 saturated carbocycles. The minimum absolute atomic E-state index is 0.119. The zero-order valence-corrected chi connectivity index (χ0v) is 8.07. The number of rotatable bonds is 2. The molecule has 0 fully saturated rings. The van der Waals surface area contributed by atoms with Crippen LogP contribution in [-0.4, -0.2) is 9.97 Å². The predicted molar refractivity (Wildman–Crippen MR) is 53.4 cm³/mol. The first-order valence-electron chi connectivity index (χ1n) is 7.35. The van der Waals surface area contributed by atoms with Crippen LogP contribution in [-0.2, 0) is 0 Å². The summed E-state index contributed by atoms with van der Waals surface area (Å²) in [4.78, 5) is 7.12. The summed E-state index contributed by atoms with van der Waals surface area (Å²) >= 11 is 8.48. The lowest BCUT2D eigenvalue weighted by Crippen LogP contribution is -1.98. The van der Waals surface area contributed by atoms with Crippen LogP contribution >= 0.6 is 27.5 Å². The zero-order chi connectivity index (χ0) is 16.9. The Bertz CT molecular complexity index is 544.